The van der Waals surface area contributed by atoms with E-state index in [1.165, 1.54) is 0 Å². The summed E-state index contributed by atoms with van der Waals surface area (Å²) in [7, 11) is 1.65. The average molecular weight is 489 g/mol. The maximum atomic E-state index is 12.7. The van der Waals surface area contributed by atoms with E-state index in [2.05, 4.69) is 4.98 Å². The fraction of sp³-hybridized carbons (Fsp3) is 0.214. The van der Waals surface area contributed by atoms with Crippen molar-refractivity contribution in [2.24, 2.45) is 0 Å². The predicted octanol–water partition coefficient (Wildman–Crippen LogP) is 6.12. The number of fused-ring (bicyclic) bond motifs is 3. The molecular weight excluding hydrogens is 464 g/mol. The van der Waals surface area contributed by atoms with E-state index in [1.54, 1.807) is 11.7 Å². The molecule has 0 N–H and O–H groups in total. The molecule has 0 aliphatic carbocycles. The van der Waals surface area contributed by atoms with E-state index in [1.807, 2.05) is 74.5 Å². The van der Waals surface area contributed by atoms with Gasteiger partial charge < -0.3 is 14.2 Å². The smallest absolute Gasteiger partial charge is 0.351 e. The maximum Gasteiger partial charge on any atom is 0.351 e. The summed E-state index contributed by atoms with van der Waals surface area (Å²) < 4.78 is 19.0. The van der Waals surface area contributed by atoms with Crippen LogP contribution in [0.4, 0.5) is 0 Å². The number of ether oxygens (including phenoxy) is 3. The van der Waals surface area contributed by atoms with Crippen LogP contribution in [0.15, 0.2) is 65.5 Å². The van der Waals surface area contributed by atoms with E-state index in [4.69, 9.17) is 25.8 Å². The molecule has 7 heteroatoms. The van der Waals surface area contributed by atoms with Crippen molar-refractivity contribution in [2.45, 2.75) is 33.4 Å². The molecule has 0 saturated carbocycles. The van der Waals surface area contributed by atoms with E-state index in [0.717, 1.165) is 57.2 Å². The second-order valence-electron chi connectivity index (χ2n) is 8.58. The van der Waals surface area contributed by atoms with E-state index >= 15 is 0 Å². The Morgan fingerprint density at radius 2 is 1.69 bits per heavy atom. The molecule has 178 valence electrons. The molecule has 0 saturated heterocycles. The molecule has 6 nitrogen and oxygen atoms in total. The third kappa shape index (κ3) is 4.75. The van der Waals surface area contributed by atoms with Gasteiger partial charge in [-0.3, -0.25) is 4.57 Å². The van der Waals surface area contributed by atoms with Gasteiger partial charge in [0.25, 0.3) is 0 Å². The summed E-state index contributed by atoms with van der Waals surface area (Å²) in [6.45, 7) is 4.81. The lowest BCUT2D eigenvalue weighted by Crippen LogP contribution is -2.28. The molecule has 0 fully saturated rings. The molecule has 1 aromatic heterocycles. The molecule has 0 spiro atoms. The normalized spacial score (nSPS) is 12.0. The Balaban J connectivity index is 1.34. The van der Waals surface area contributed by atoms with Gasteiger partial charge in [-0.1, -0.05) is 17.7 Å². The number of aryl methyl sites for hydroxylation is 3. The highest BCUT2D eigenvalue weighted by Gasteiger charge is 2.20. The van der Waals surface area contributed by atoms with Gasteiger partial charge >= 0.3 is 5.69 Å². The van der Waals surface area contributed by atoms with Crippen molar-refractivity contribution in [2.75, 3.05) is 7.11 Å². The van der Waals surface area contributed by atoms with Gasteiger partial charge in [0.05, 0.1) is 12.8 Å². The third-order valence-corrected chi connectivity index (χ3v) is 6.66. The van der Waals surface area contributed by atoms with Crippen LogP contribution < -0.4 is 19.9 Å². The fourth-order valence-electron chi connectivity index (χ4n) is 4.25. The van der Waals surface area contributed by atoms with Gasteiger partial charge in [0.1, 0.15) is 23.9 Å². The Hall–Kier alpha value is -3.77. The molecule has 0 unspecified atom stereocenters. The van der Waals surface area contributed by atoms with Crippen LogP contribution in [-0.2, 0) is 19.6 Å². The van der Waals surface area contributed by atoms with Crippen LogP contribution in [0, 0.1) is 13.8 Å². The number of hydrogen-bond acceptors (Lipinski definition) is 5. The number of benzene rings is 3. The minimum atomic E-state index is -0.308. The lowest BCUT2D eigenvalue weighted by atomic mass is 9.97. The van der Waals surface area contributed by atoms with Gasteiger partial charge in [-0.15, -0.1) is 0 Å². The molecule has 0 radical (unpaired) electrons. The number of rotatable bonds is 6. The zero-order valence-corrected chi connectivity index (χ0v) is 20.6. The first kappa shape index (κ1) is 23.0. The van der Waals surface area contributed by atoms with Crippen molar-refractivity contribution in [3.8, 4) is 34.4 Å². The highest BCUT2D eigenvalue weighted by molar-refractivity contribution is 6.31. The lowest BCUT2D eigenvalue weighted by molar-refractivity contribution is 0.290. The Bertz CT molecular complexity index is 1480. The minimum Gasteiger partial charge on any atom is -0.497 e. The van der Waals surface area contributed by atoms with Crippen molar-refractivity contribution in [3.63, 3.8) is 0 Å². The summed E-state index contributed by atoms with van der Waals surface area (Å²) >= 11 is 6.10. The summed E-state index contributed by atoms with van der Waals surface area (Å²) in [5, 5.41) is 0.708. The Morgan fingerprint density at radius 3 is 2.43 bits per heavy atom. The Labute approximate surface area is 208 Å². The van der Waals surface area contributed by atoms with Crippen LogP contribution >= 0.6 is 11.6 Å². The standard InChI is InChI=1S/C28H25ClN2O4/c1-17-12-22(35-23-7-9-25(29)18(2)13-23)5-4-20(17)16-34-27-15-26-24-8-6-21(33-3)14-19(24)10-11-31(26)28(32)30-27/h4-9,12-15H,10-11,16H2,1-3H3. The molecule has 0 bridgehead atoms. The van der Waals surface area contributed by atoms with Crippen LogP contribution in [-0.4, -0.2) is 16.7 Å². The van der Waals surface area contributed by atoms with Gasteiger partial charge in [0.2, 0.25) is 5.88 Å². The predicted molar refractivity (Wildman–Crippen MR) is 136 cm³/mol. The molecule has 0 amide bonds. The SMILES string of the molecule is COc1ccc2c(c1)CCn1c-2cc(OCc2ccc(Oc3ccc(Cl)c(C)c3)cc2C)nc1=O. The highest BCUT2D eigenvalue weighted by atomic mass is 35.5. The molecular formula is C28H25ClN2O4. The molecule has 5 rings (SSSR count). The average Bonchev–Trinajstić information content (AvgIpc) is 2.85. The Morgan fingerprint density at radius 1 is 0.943 bits per heavy atom. The first-order valence-electron chi connectivity index (χ1n) is 11.4. The minimum absolute atomic E-state index is 0.289. The van der Waals surface area contributed by atoms with Gasteiger partial charge in [-0.05, 0) is 91.1 Å². The van der Waals surface area contributed by atoms with Gasteiger partial charge in [-0.25, -0.2) is 4.79 Å². The molecule has 35 heavy (non-hydrogen) atoms. The van der Waals surface area contributed by atoms with Crippen molar-refractivity contribution >= 4 is 11.6 Å². The van der Waals surface area contributed by atoms with Crippen molar-refractivity contribution < 1.29 is 14.2 Å². The summed E-state index contributed by atoms with van der Waals surface area (Å²) in [4.78, 5) is 16.8. The number of hydrogen-bond donors (Lipinski definition) is 0. The monoisotopic (exact) mass is 488 g/mol. The second-order valence-corrected chi connectivity index (χ2v) is 8.98. The Kier molecular flexibility index (Phi) is 6.22. The fourth-order valence-corrected chi connectivity index (χ4v) is 4.36. The lowest BCUT2D eigenvalue weighted by Gasteiger charge is -2.22. The molecule has 1 aliphatic heterocycles. The van der Waals surface area contributed by atoms with E-state index in [0.29, 0.717) is 17.4 Å². The van der Waals surface area contributed by atoms with Gasteiger partial charge in [0.15, 0.2) is 0 Å². The topological polar surface area (TPSA) is 62.6 Å². The van der Waals surface area contributed by atoms with Crippen LogP contribution in [0.3, 0.4) is 0 Å². The van der Waals surface area contributed by atoms with Crippen LogP contribution in [0.25, 0.3) is 11.3 Å². The van der Waals surface area contributed by atoms with E-state index < -0.39 is 0 Å². The summed E-state index contributed by atoms with van der Waals surface area (Å²) in [6.07, 6.45) is 0.754. The number of methoxy groups -OCH3 is 1. The molecule has 0 atom stereocenters. The largest absolute Gasteiger partial charge is 0.497 e. The first-order chi connectivity index (χ1) is 16.9. The maximum absolute atomic E-state index is 12.7. The molecule has 3 aromatic carbocycles. The summed E-state index contributed by atoms with van der Waals surface area (Å²) in [5.41, 5.74) is 5.59. The first-order valence-corrected chi connectivity index (χ1v) is 11.7. The third-order valence-electron chi connectivity index (χ3n) is 6.24. The van der Waals surface area contributed by atoms with Crippen molar-refractivity contribution in [3.05, 3.63) is 98.4 Å². The summed E-state index contributed by atoms with van der Waals surface area (Å²) in [6, 6.07) is 19.1. The van der Waals surface area contributed by atoms with E-state index in [-0.39, 0.29) is 12.3 Å². The second kappa shape index (κ2) is 9.47. The summed E-state index contributed by atoms with van der Waals surface area (Å²) in [5.74, 6) is 2.57. The van der Waals surface area contributed by atoms with Crippen LogP contribution in [0.1, 0.15) is 22.3 Å². The highest BCUT2D eigenvalue weighted by Crippen LogP contribution is 2.32. The quantitative estimate of drug-likeness (QED) is 0.327. The van der Waals surface area contributed by atoms with Crippen molar-refractivity contribution in [1.82, 2.24) is 9.55 Å². The zero-order valence-electron chi connectivity index (χ0n) is 19.8. The number of aromatic nitrogens is 2. The number of nitrogens with zero attached hydrogens (tertiary/aromatic N) is 2. The molecule has 1 aliphatic rings. The molecule has 4 aromatic rings. The van der Waals surface area contributed by atoms with Gasteiger partial charge in [-0.2, -0.15) is 4.98 Å². The van der Waals surface area contributed by atoms with Crippen LogP contribution in [0.5, 0.6) is 23.1 Å². The van der Waals surface area contributed by atoms with E-state index in [9.17, 15) is 4.79 Å². The molecule has 2 heterocycles. The van der Waals surface area contributed by atoms with Crippen LogP contribution in [0.2, 0.25) is 5.02 Å². The zero-order chi connectivity index (χ0) is 24.5. The van der Waals surface area contributed by atoms with Gasteiger partial charge in [0, 0.05) is 23.2 Å². The number of halogens is 1. The van der Waals surface area contributed by atoms with Crippen molar-refractivity contribution in [1.29, 1.82) is 0 Å².